The number of benzene rings is 1. The van der Waals surface area contributed by atoms with Crippen molar-refractivity contribution in [1.82, 2.24) is 0 Å². The summed E-state index contributed by atoms with van der Waals surface area (Å²) >= 11 is 10.6. The number of rotatable bonds is 2. The molecule has 0 fully saturated rings. The molecule has 0 aromatic heterocycles. The van der Waals surface area contributed by atoms with Crippen molar-refractivity contribution >= 4 is 35.3 Å². The van der Waals surface area contributed by atoms with Gasteiger partial charge in [-0.2, -0.15) is 0 Å². The van der Waals surface area contributed by atoms with Gasteiger partial charge >= 0.3 is 0 Å². The third-order valence-corrected chi connectivity index (χ3v) is 2.03. The quantitative estimate of drug-likeness (QED) is 0.468. The number of amides is 1. The average molecular weight is 226 g/mol. The highest BCUT2D eigenvalue weighted by Crippen LogP contribution is 2.32. The van der Waals surface area contributed by atoms with E-state index in [2.05, 4.69) is 0 Å². The second-order valence-corrected chi connectivity index (χ2v) is 2.87. The van der Waals surface area contributed by atoms with Gasteiger partial charge in [-0.05, 0) is 0 Å². The van der Waals surface area contributed by atoms with Gasteiger partial charge in [-0.25, -0.2) is 8.78 Å². The van der Waals surface area contributed by atoms with Crippen LogP contribution in [-0.2, 0) is 4.79 Å². The molecule has 1 N–H and O–H groups in total. The molecule has 0 heterocycles. The van der Waals surface area contributed by atoms with E-state index < -0.39 is 21.7 Å². The molecular weight excluding hydrogens is 223 g/mol. The zero-order chi connectivity index (χ0) is 10.0. The smallest absolute Gasteiger partial charge is 0.211 e. The molecule has 1 rings (SSSR count). The standard InChI is InChI=1S/C7H3Cl2F2NO/c8-5-3(10)1-4(12-2-13)6(9)7(5)11/h1-2H,(H,12,13). The second-order valence-electron chi connectivity index (χ2n) is 2.11. The summed E-state index contributed by atoms with van der Waals surface area (Å²) in [5, 5.41) is 0.922. The third-order valence-electron chi connectivity index (χ3n) is 1.32. The van der Waals surface area contributed by atoms with E-state index in [1.54, 1.807) is 0 Å². The van der Waals surface area contributed by atoms with Crippen LogP contribution < -0.4 is 5.32 Å². The van der Waals surface area contributed by atoms with Gasteiger partial charge in [-0.15, -0.1) is 0 Å². The molecule has 1 amide bonds. The van der Waals surface area contributed by atoms with Crippen LogP contribution in [0.3, 0.4) is 0 Å². The molecule has 1 aromatic rings. The molecule has 2 nitrogen and oxygen atoms in total. The Bertz CT molecular complexity index is 357. The van der Waals surface area contributed by atoms with Gasteiger partial charge in [-0.3, -0.25) is 4.79 Å². The number of nitrogens with one attached hydrogen (secondary N) is 1. The Labute approximate surface area is 82.4 Å². The molecular formula is C7H3Cl2F2NO. The van der Waals surface area contributed by atoms with Crippen LogP contribution in [0.1, 0.15) is 0 Å². The van der Waals surface area contributed by atoms with Crippen LogP contribution in [0.15, 0.2) is 6.07 Å². The maximum absolute atomic E-state index is 12.9. The molecule has 0 radical (unpaired) electrons. The van der Waals surface area contributed by atoms with Crippen LogP contribution >= 0.6 is 23.2 Å². The lowest BCUT2D eigenvalue weighted by molar-refractivity contribution is -0.105. The molecule has 0 saturated heterocycles. The minimum absolute atomic E-state index is 0.156. The van der Waals surface area contributed by atoms with Gasteiger partial charge in [0.1, 0.15) is 15.9 Å². The number of hydrogen-bond donors (Lipinski definition) is 1. The summed E-state index contributed by atoms with van der Waals surface area (Å²) in [6.45, 7) is 0. The first-order valence-electron chi connectivity index (χ1n) is 3.11. The van der Waals surface area contributed by atoms with Crippen LogP contribution in [0.25, 0.3) is 0 Å². The number of anilines is 1. The summed E-state index contributed by atoms with van der Waals surface area (Å²) in [7, 11) is 0. The van der Waals surface area contributed by atoms with E-state index in [-0.39, 0.29) is 12.1 Å². The molecule has 0 aliphatic heterocycles. The van der Waals surface area contributed by atoms with Crippen LogP contribution in [0.2, 0.25) is 10.0 Å². The van der Waals surface area contributed by atoms with Gasteiger partial charge in [0.05, 0.1) is 5.69 Å². The van der Waals surface area contributed by atoms with E-state index >= 15 is 0 Å². The topological polar surface area (TPSA) is 29.1 Å². The van der Waals surface area contributed by atoms with Crippen molar-refractivity contribution in [1.29, 1.82) is 0 Å². The van der Waals surface area contributed by atoms with Crippen LogP contribution in [0, 0.1) is 11.6 Å². The lowest BCUT2D eigenvalue weighted by atomic mass is 10.3. The second kappa shape index (κ2) is 3.89. The van der Waals surface area contributed by atoms with Crippen molar-refractivity contribution in [3.8, 4) is 0 Å². The average Bonchev–Trinajstić information content (AvgIpc) is 2.11. The molecule has 0 aliphatic carbocycles. The number of carbonyl (C=O) groups is 1. The Morgan fingerprint density at radius 2 is 1.92 bits per heavy atom. The fourth-order valence-electron chi connectivity index (χ4n) is 0.741. The molecule has 0 bridgehead atoms. The number of halogens is 4. The van der Waals surface area contributed by atoms with Crippen molar-refractivity contribution < 1.29 is 13.6 Å². The normalized spacial score (nSPS) is 9.85. The Morgan fingerprint density at radius 1 is 1.31 bits per heavy atom. The van der Waals surface area contributed by atoms with Crippen molar-refractivity contribution in [2.45, 2.75) is 0 Å². The lowest BCUT2D eigenvalue weighted by Gasteiger charge is -2.05. The predicted molar refractivity (Wildman–Crippen MR) is 46.1 cm³/mol. The van der Waals surface area contributed by atoms with Gasteiger partial charge in [0.25, 0.3) is 0 Å². The summed E-state index contributed by atoms with van der Waals surface area (Å²) in [6.07, 6.45) is 0.258. The molecule has 0 aliphatic rings. The minimum Gasteiger partial charge on any atom is -0.327 e. The van der Waals surface area contributed by atoms with Crippen LogP contribution in [-0.4, -0.2) is 6.41 Å². The van der Waals surface area contributed by atoms with Crippen molar-refractivity contribution in [3.63, 3.8) is 0 Å². The fraction of sp³-hybridized carbons (Fsp3) is 0. The van der Waals surface area contributed by atoms with Gasteiger partial charge < -0.3 is 5.32 Å². The van der Waals surface area contributed by atoms with Crippen molar-refractivity contribution in [3.05, 3.63) is 27.7 Å². The van der Waals surface area contributed by atoms with E-state index in [0.29, 0.717) is 0 Å². The Balaban J connectivity index is 3.31. The van der Waals surface area contributed by atoms with Gasteiger partial charge in [-0.1, -0.05) is 23.2 Å². The molecule has 6 heteroatoms. The molecule has 0 unspecified atom stereocenters. The van der Waals surface area contributed by atoms with Crippen LogP contribution in [0.5, 0.6) is 0 Å². The highest BCUT2D eigenvalue weighted by molar-refractivity contribution is 6.36. The van der Waals surface area contributed by atoms with E-state index in [0.717, 1.165) is 6.07 Å². The minimum atomic E-state index is -1.09. The molecule has 0 saturated carbocycles. The summed E-state index contributed by atoms with van der Waals surface area (Å²) < 4.78 is 25.7. The maximum atomic E-state index is 12.9. The molecule has 1 aromatic carbocycles. The molecule has 0 atom stereocenters. The van der Waals surface area contributed by atoms with Crippen molar-refractivity contribution in [2.24, 2.45) is 0 Å². The SMILES string of the molecule is O=CNc1cc(F)c(Cl)c(F)c1Cl. The number of carbonyl (C=O) groups excluding carboxylic acids is 1. The fourth-order valence-corrected chi connectivity index (χ4v) is 1.14. The maximum Gasteiger partial charge on any atom is 0.211 e. The molecule has 13 heavy (non-hydrogen) atoms. The van der Waals surface area contributed by atoms with Gasteiger partial charge in [0, 0.05) is 6.07 Å². The Kier molecular flexibility index (Phi) is 3.06. The third kappa shape index (κ3) is 1.89. The highest BCUT2D eigenvalue weighted by atomic mass is 35.5. The summed E-state index contributed by atoms with van der Waals surface area (Å²) in [5.74, 6) is -2.07. The molecule has 70 valence electrons. The zero-order valence-electron chi connectivity index (χ0n) is 6.07. The zero-order valence-corrected chi connectivity index (χ0v) is 7.59. The van der Waals surface area contributed by atoms with E-state index in [9.17, 15) is 13.6 Å². The Hall–Kier alpha value is -0.870. The lowest BCUT2D eigenvalue weighted by Crippen LogP contribution is -1.98. The van der Waals surface area contributed by atoms with E-state index in [4.69, 9.17) is 23.2 Å². The first-order valence-corrected chi connectivity index (χ1v) is 3.86. The summed E-state index contributed by atoms with van der Waals surface area (Å²) in [6, 6.07) is 0.835. The Morgan fingerprint density at radius 3 is 2.46 bits per heavy atom. The van der Waals surface area contributed by atoms with Crippen LogP contribution in [0.4, 0.5) is 14.5 Å². The first-order chi connectivity index (χ1) is 6.07. The van der Waals surface area contributed by atoms with E-state index in [1.165, 1.54) is 0 Å². The van der Waals surface area contributed by atoms with Gasteiger partial charge in [0.2, 0.25) is 6.41 Å². The summed E-state index contributed by atoms with van der Waals surface area (Å²) in [5.41, 5.74) is -0.156. The van der Waals surface area contributed by atoms with Crippen molar-refractivity contribution in [2.75, 3.05) is 5.32 Å². The van der Waals surface area contributed by atoms with Gasteiger partial charge in [0.15, 0.2) is 5.82 Å². The highest BCUT2D eigenvalue weighted by Gasteiger charge is 2.15. The van der Waals surface area contributed by atoms with E-state index in [1.807, 2.05) is 5.32 Å². The number of hydrogen-bond acceptors (Lipinski definition) is 1. The largest absolute Gasteiger partial charge is 0.327 e. The molecule has 0 spiro atoms. The predicted octanol–water partition coefficient (Wildman–Crippen LogP) is 2.84. The first kappa shape index (κ1) is 10.2. The summed E-state index contributed by atoms with van der Waals surface area (Å²) in [4.78, 5) is 9.99. The monoisotopic (exact) mass is 225 g/mol.